The van der Waals surface area contributed by atoms with Gasteiger partial charge in [0.15, 0.2) is 0 Å². The Morgan fingerprint density at radius 3 is 2.81 bits per heavy atom. The Labute approximate surface area is 123 Å². The SMILES string of the molecule is Cc1ccc(C#CCO)cc1C(=O)Nc1ncccc1C. The monoisotopic (exact) mass is 280 g/mol. The van der Waals surface area contributed by atoms with Crippen molar-refractivity contribution in [3.63, 3.8) is 0 Å². The fourth-order valence-electron chi connectivity index (χ4n) is 1.88. The van der Waals surface area contributed by atoms with Gasteiger partial charge in [-0.25, -0.2) is 4.98 Å². The van der Waals surface area contributed by atoms with Crippen molar-refractivity contribution >= 4 is 11.7 Å². The number of rotatable bonds is 2. The first-order chi connectivity index (χ1) is 10.1. The number of aromatic nitrogens is 1. The molecule has 2 aromatic rings. The molecule has 4 heteroatoms. The van der Waals surface area contributed by atoms with Crippen molar-refractivity contribution in [1.82, 2.24) is 4.98 Å². The van der Waals surface area contributed by atoms with Crippen molar-refractivity contribution in [3.05, 3.63) is 58.8 Å². The Bertz CT molecular complexity index is 727. The molecule has 0 saturated carbocycles. The first kappa shape index (κ1) is 14.8. The van der Waals surface area contributed by atoms with Gasteiger partial charge in [-0.2, -0.15) is 0 Å². The van der Waals surface area contributed by atoms with Crippen LogP contribution in [0.2, 0.25) is 0 Å². The number of amides is 1. The molecule has 1 aromatic carbocycles. The van der Waals surface area contributed by atoms with E-state index in [4.69, 9.17) is 5.11 Å². The zero-order valence-corrected chi connectivity index (χ0v) is 12.0. The molecular weight excluding hydrogens is 264 g/mol. The quantitative estimate of drug-likeness (QED) is 0.830. The average Bonchev–Trinajstić information content (AvgIpc) is 2.48. The van der Waals surface area contributed by atoms with Crippen LogP contribution in [0, 0.1) is 25.7 Å². The van der Waals surface area contributed by atoms with Crippen LogP contribution in [0.1, 0.15) is 27.0 Å². The maximum Gasteiger partial charge on any atom is 0.257 e. The highest BCUT2D eigenvalue weighted by Gasteiger charge is 2.11. The van der Waals surface area contributed by atoms with Crippen LogP contribution in [0.15, 0.2) is 36.5 Å². The number of aryl methyl sites for hydroxylation is 2. The van der Waals surface area contributed by atoms with E-state index in [0.29, 0.717) is 16.9 Å². The van der Waals surface area contributed by atoms with Gasteiger partial charge in [-0.05, 0) is 43.2 Å². The van der Waals surface area contributed by atoms with Crippen molar-refractivity contribution in [1.29, 1.82) is 0 Å². The molecule has 0 aliphatic carbocycles. The van der Waals surface area contributed by atoms with Gasteiger partial charge in [-0.1, -0.05) is 24.0 Å². The van der Waals surface area contributed by atoms with E-state index in [1.165, 1.54) is 0 Å². The minimum Gasteiger partial charge on any atom is -0.384 e. The minimum atomic E-state index is -0.220. The summed E-state index contributed by atoms with van der Waals surface area (Å²) in [5.41, 5.74) is 3.00. The molecule has 21 heavy (non-hydrogen) atoms. The number of carbonyl (C=O) groups is 1. The van der Waals surface area contributed by atoms with Gasteiger partial charge in [0.2, 0.25) is 0 Å². The van der Waals surface area contributed by atoms with Gasteiger partial charge < -0.3 is 10.4 Å². The van der Waals surface area contributed by atoms with Crippen LogP contribution in [-0.4, -0.2) is 22.6 Å². The van der Waals surface area contributed by atoms with Crippen LogP contribution in [0.3, 0.4) is 0 Å². The van der Waals surface area contributed by atoms with E-state index in [1.54, 1.807) is 12.3 Å². The van der Waals surface area contributed by atoms with Crippen LogP contribution < -0.4 is 5.32 Å². The summed E-state index contributed by atoms with van der Waals surface area (Å²) in [7, 11) is 0. The number of hydrogen-bond donors (Lipinski definition) is 2. The second-order valence-corrected chi connectivity index (χ2v) is 4.61. The Morgan fingerprint density at radius 1 is 1.29 bits per heavy atom. The molecule has 0 spiro atoms. The van der Waals surface area contributed by atoms with Gasteiger partial charge in [0.25, 0.3) is 5.91 Å². The van der Waals surface area contributed by atoms with Crippen LogP contribution in [0.25, 0.3) is 0 Å². The average molecular weight is 280 g/mol. The number of nitrogens with zero attached hydrogens (tertiary/aromatic N) is 1. The summed E-state index contributed by atoms with van der Waals surface area (Å²) in [6.45, 7) is 3.55. The predicted octanol–water partition coefficient (Wildman–Crippen LogP) is 2.29. The minimum absolute atomic E-state index is 0.206. The molecule has 0 aliphatic heterocycles. The molecule has 0 aliphatic rings. The molecule has 0 bridgehead atoms. The maximum absolute atomic E-state index is 12.4. The lowest BCUT2D eigenvalue weighted by Crippen LogP contribution is -2.15. The molecule has 1 heterocycles. The molecule has 0 fully saturated rings. The van der Waals surface area contributed by atoms with Crippen molar-refractivity contribution in [2.24, 2.45) is 0 Å². The molecular formula is C17H16N2O2. The number of hydrogen-bond acceptors (Lipinski definition) is 3. The van der Waals surface area contributed by atoms with E-state index in [0.717, 1.165) is 11.1 Å². The summed E-state index contributed by atoms with van der Waals surface area (Å²) in [4.78, 5) is 16.5. The summed E-state index contributed by atoms with van der Waals surface area (Å²) < 4.78 is 0. The Morgan fingerprint density at radius 2 is 2.10 bits per heavy atom. The molecule has 2 N–H and O–H groups in total. The molecule has 4 nitrogen and oxygen atoms in total. The smallest absolute Gasteiger partial charge is 0.257 e. The Balaban J connectivity index is 2.28. The zero-order chi connectivity index (χ0) is 15.2. The van der Waals surface area contributed by atoms with Gasteiger partial charge >= 0.3 is 0 Å². The standard InChI is InChI=1S/C17H16N2O2/c1-12-7-8-14(6-4-10-20)11-15(12)17(21)19-16-13(2)5-3-9-18-16/h3,5,7-9,11,20H,10H2,1-2H3,(H,18,19,21). The van der Waals surface area contributed by atoms with Gasteiger partial charge in [-0.15, -0.1) is 0 Å². The van der Waals surface area contributed by atoms with E-state index in [2.05, 4.69) is 22.1 Å². The number of pyridine rings is 1. The van der Waals surface area contributed by atoms with E-state index in [9.17, 15) is 4.79 Å². The van der Waals surface area contributed by atoms with Gasteiger partial charge in [0.1, 0.15) is 12.4 Å². The maximum atomic E-state index is 12.4. The van der Waals surface area contributed by atoms with Gasteiger partial charge in [0, 0.05) is 17.3 Å². The fraction of sp³-hybridized carbons (Fsp3) is 0.176. The summed E-state index contributed by atoms with van der Waals surface area (Å²) in [5, 5.41) is 11.5. The molecule has 0 atom stereocenters. The second-order valence-electron chi connectivity index (χ2n) is 4.61. The summed E-state index contributed by atoms with van der Waals surface area (Å²) in [6.07, 6.45) is 1.64. The number of carbonyl (C=O) groups excluding carboxylic acids is 1. The number of aliphatic hydroxyl groups is 1. The molecule has 1 amide bonds. The molecule has 1 aromatic heterocycles. The highest BCUT2D eigenvalue weighted by atomic mass is 16.2. The third-order valence-electron chi connectivity index (χ3n) is 3.04. The highest BCUT2D eigenvalue weighted by Crippen LogP contribution is 2.15. The van der Waals surface area contributed by atoms with E-state index < -0.39 is 0 Å². The first-order valence-corrected chi connectivity index (χ1v) is 6.55. The largest absolute Gasteiger partial charge is 0.384 e. The topological polar surface area (TPSA) is 62.2 Å². The second kappa shape index (κ2) is 6.69. The lowest BCUT2D eigenvalue weighted by atomic mass is 10.0. The molecule has 0 radical (unpaired) electrons. The molecule has 0 saturated heterocycles. The van der Waals surface area contributed by atoms with Crippen LogP contribution in [-0.2, 0) is 0 Å². The van der Waals surface area contributed by atoms with Crippen molar-refractivity contribution in [2.45, 2.75) is 13.8 Å². The first-order valence-electron chi connectivity index (χ1n) is 6.55. The number of benzene rings is 1. The normalized spacial score (nSPS) is 9.67. The van der Waals surface area contributed by atoms with Crippen molar-refractivity contribution < 1.29 is 9.90 Å². The van der Waals surface area contributed by atoms with Crippen LogP contribution >= 0.6 is 0 Å². The summed E-state index contributed by atoms with van der Waals surface area (Å²) in [5.74, 6) is 5.70. The van der Waals surface area contributed by atoms with E-state index in [1.807, 2.05) is 38.1 Å². The van der Waals surface area contributed by atoms with Crippen LogP contribution in [0.5, 0.6) is 0 Å². The third-order valence-corrected chi connectivity index (χ3v) is 3.04. The van der Waals surface area contributed by atoms with Crippen LogP contribution in [0.4, 0.5) is 5.82 Å². The van der Waals surface area contributed by atoms with Gasteiger partial charge in [-0.3, -0.25) is 4.79 Å². The lowest BCUT2D eigenvalue weighted by molar-refractivity contribution is 0.102. The molecule has 106 valence electrons. The molecule has 0 unspecified atom stereocenters. The van der Waals surface area contributed by atoms with Crippen molar-refractivity contribution in [2.75, 3.05) is 11.9 Å². The lowest BCUT2D eigenvalue weighted by Gasteiger charge is -2.09. The third kappa shape index (κ3) is 3.68. The highest BCUT2D eigenvalue weighted by molar-refractivity contribution is 6.05. The number of nitrogens with one attached hydrogen (secondary N) is 1. The number of anilines is 1. The molecule has 2 rings (SSSR count). The van der Waals surface area contributed by atoms with E-state index >= 15 is 0 Å². The number of aliphatic hydroxyl groups excluding tert-OH is 1. The van der Waals surface area contributed by atoms with E-state index in [-0.39, 0.29) is 12.5 Å². The fourth-order valence-corrected chi connectivity index (χ4v) is 1.88. The summed E-state index contributed by atoms with van der Waals surface area (Å²) in [6, 6.07) is 9.08. The predicted molar refractivity (Wildman–Crippen MR) is 82.1 cm³/mol. The summed E-state index contributed by atoms with van der Waals surface area (Å²) >= 11 is 0. The van der Waals surface area contributed by atoms with Crippen molar-refractivity contribution in [3.8, 4) is 11.8 Å². The zero-order valence-electron chi connectivity index (χ0n) is 12.0. The Kier molecular flexibility index (Phi) is 4.70. The van der Waals surface area contributed by atoms with Gasteiger partial charge in [0.05, 0.1) is 0 Å². The Hall–Kier alpha value is -2.64.